The van der Waals surface area contributed by atoms with Crippen molar-refractivity contribution in [2.24, 2.45) is 0 Å². The van der Waals surface area contributed by atoms with E-state index in [0.717, 1.165) is 0 Å². The lowest BCUT2D eigenvalue weighted by Gasteiger charge is -2.00. The van der Waals surface area contributed by atoms with Gasteiger partial charge >= 0.3 is 12.3 Å². The minimum Gasteiger partial charge on any atom is -0.450 e. The lowest BCUT2D eigenvalue weighted by Crippen LogP contribution is -2.30. The molecule has 0 aromatic heterocycles. The molecule has 0 unspecified atom stereocenters. The standard InChI is InChI=1S/C4H6N2O7/c7-4(8)13-2-1-3(5(9)10)6(11)12/h3H,1-2H2,(H,7,8). The first-order valence-corrected chi connectivity index (χ1v) is 3.08. The second kappa shape index (κ2) is 4.85. The number of nitrogens with zero attached hydrogens (tertiary/aromatic N) is 2. The number of nitro groups is 2. The number of hydrogen-bond donors (Lipinski definition) is 1. The topological polar surface area (TPSA) is 133 Å². The molecule has 0 aliphatic rings. The Balaban J connectivity index is 3.91. The van der Waals surface area contributed by atoms with Crippen LogP contribution in [0.3, 0.4) is 0 Å². The molecule has 74 valence electrons. The predicted octanol–water partition coefficient (Wildman–Crippen LogP) is -0.0494. The van der Waals surface area contributed by atoms with Gasteiger partial charge < -0.3 is 9.84 Å². The van der Waals surface area contributed by atoms with Gasteiger partial charge in [-0.25, -0.2) is 4.79 Å². The second-order valence-corrected chi connectivity index (χ2v) is 1.95. The molecule has 9 heteroatoms. The van der Waals surface area contributed by atoms with Crippen molar-refractivity contribution < 1.29 is 24.5 Å². The van der Waals surface area contributed by atoms with Gasteiger partial charge in [0, 0.05) is 0 Å². The van der Waals surface area contributed by atoms with Crippen LogP contribution in [0.5, 0.6) is 0 Å². The maximum Gasteiger partial charge on any atom is 0.505 e. The van der Waals surface area contributed by atoms with Crippen LogP contribution >= 0.6 is 0 Å². The number of carbonyl (C=O) groups is 1. The monoisotopic (exact) mass is 194 g/mol. The van der Waals surface area contributed by atoms with Gasteiger partial charge in [0.15, 0.2) is 0 Å². The zero-order chi connectivity index (χ0) is 10.4. The highest BCUT2D eigenvalue weighted by molar-refractivity contribution is 5.56. The van der Waals surface area contributed by atoms with Crippen molar-refractivity contribution in [1.29, 1.82) is 0 Å². The maximum absolute atomic E-state index is 9.98. The molecule has 0 bridgehead atoms. The van der Waals surface area contributed by atoms with E-state index < -0.39 is 35.2 Å². The van der Waals surface area contributed by atoms with Crippen LogP contribution in [-0.2, 0) is 4.74 Å². The van der Waals surface area contributed by atoms with Gasteiger partial charge in [-0.15, -0.1) is 0 Å². The molecule has 0 amide bonds. The smallest absolute Gasteiger partial charge is 0.450 e. The molecule has 0 fully saturated rings. The highest BCUT2D eigenvalue weighted by Gasteiger charge is 2.31. The summed E-state index contributed by atoms with van der Waals surface area (Å²) < 4.78 is 3.88. The van der Waals surface area contributed by atoms with E-state index in [4.69, 9.17) is 5.11 Å². The molecule has 0 aliphatic carbocycles. The van der Waals surface area contributed by atoms with E-state index in [2.05, 4.69) is 4.74 Å². The summed E-state index contributed by atoms with van der Waals surface area (Å²) >= 11 is 0. The largest absolute Gasteiger partial charge is 0.505 e. The van der Waals surface area contributed by atoms with Crippen LogP contribution in [0.1, 0.15) is 6.42 Å². The van der Waals surface area contributed by atoms with Crippen LogP contribution < -0.4 is 0 Å². The van der Waals surface area contributed by atoms with Crippen molar-refractivity contribution >= 4 is 6.16 Å². The van der Waals surface area contributed by atoms with E-state index in [1.54, 1.807) is 0 Å². The van der Waals surface area contributed by atoms with E-state index >= 15 is 0 Å². The lowest BCUT2D eigenvalue weighted by atomic mass is 10.4. The third kappa shape index (κ3) is 4.50. The second-order valence-electron chi connectivity index (χ2n) is 1.95. The lowest BCUT2D eigenvalue weighted by molar-refractivity contribution is -0.743. The molecule has 0 atom stereocenters. The maximum atomic E-state index is 9.98. The van der Waals surface area contributed by atoms with Gasteiger partial charge in [-0.3, -0.25) is 20.2 Å². The average molecular weight is 194 g/mol. The molecular weight excluding hydrogens is 188 g/mol. The van der Waals surface area contributed by atoms with Gasteiger partial charge in [0.25, 0.3) is 0 Å². The Kier molecular flexibility index (Phi) is 4.13. The van der Waals surface area contributed by atoms with Crippen LogP contribution in [0.2, 0.25) is 0 Å². The molecule has 0 saturated heterocycles. The molecule has 0 rings (SSSR count). The fraction of sp³-hybridized carbons (Fsp3) is 0.750. The Morgan fingerprint density at radius 2 is 1.85 bits per heavy atom. The van der Waals surface area contributed by atoms with Crippen molar-refractivity contribution in [3.8, 4) is 0 Å². The molecule has 13 heavy (non-hydrogen) atoms. The summed E-state index contributed by atoms with van der Waals surface area (Å²) in [5, 5.41) is 27.9. The fourth-order valence-corrected chi connectivity index (χ4v) is 0.539. The van der Waals surface area contributed by atoms with E-state index in [1.807, 2.05) is 0 Å². The first-order valence-electron chi connectivity index (χ1n) is 3.08. The SMILES string of the molecule is O=C(O)OCCC([N+](=O)[O-])[N+](=O)[O-]. The minimum atomic E-state index is -2.01. The number of hydrogen-bond acceptors (Lipinski definition) is 6. The number of ether oxygens (including phenoxy) is 1. The summed E-state index contributed by atoms with van der Waals surface area (Å²) in [5.74, 6) is 0. The van der Waals surface area contributed by atoms with Gasteiger partial charge in [-0.1, -0.05) is 0 Å². The van der Waals surface area contributed by atoms with Gasteiger partial charge in [0.1, 0.15) is 13.0 Å². The van der Waals surface area contributed by atoms with Crippen LogP contribution in [-0.4, -0.2) is 33.9 Å². The molecule has 0 heterocycles. The Labute approximate surface area is 71.2 Å². The molecule has 1 N–H and O–H groups in total. The van der Waals surface area contributed by atoms with Gasteiger partial charge in [-0.05, 0) is 0 Å². The third-order valence-corrected chi connectivity index (χ3v) is 1.09. The van der Waals surface area contributed by atoms with E-state index in [0.29, 0.717) is 0 Å². The zero-order valence-electron chi connectivity index (χ0n) is 6.28. The molecule has 0 radical (unpaired) electrons. The zero-order valence-corrected chi connectivity index (χ0v) is 6.28. The van der Waals surface area contributed by atoms with Crippen LogP contribution in [0.15, 0.2) is 0 Å². The molecule has 9 nitrogen and oxygen atoms in total. The highest BCUT2D eigenvalue weighted by Crippen LogP contribution is 1.98. The molecule has 0 aromatic rings. The first kappa shape index (κ1) is 11.1. The minimum absolute atomic E-state index is 0.567. The Hall–Kier alpha value is -1.93. The van der Waals surface area contributed by atoms with Crippen LogP contribution in [0, 0.1) is 20.2 Å². The van der Waals surface area contributed by atoms with E-state index in [9.17, 15) is 25.0 Å². The summed E-state index contributed by atoms with van der Waals surface area (Å²) in [4.78, 5) is 27.5. The Bertz CT molecular complexity index is 213. The van der Waals surface area contributed by atoms with E-state index in [1.165, 1.54) is 0 Å². The van der Waals surface area contributed by atoms with Crippen molar-refractivity contribution in [2.75, 3.05) is 6.61 Å². The normalized spacial score (nSPS) is 9.62. The summed E-state index contributed by atoms with van der Waals surface area (Å²) in [6.45, 7) is -0.567. The third-order valence-electron chi connectivity index (χ3n) is 1.09. The van der Waals surface area contributed by atoms with Crippen LogP contribution in [0.4, 0.5) is 4.79 Å². The fourth-order valence-electron chi connectivity index (χ4n) is 0.539. The van der Waals surface area contributed by atoms with Gasteiger partial charge in [0.2, 0.25) is 0 Å². The Morgan fingerprint density at radius 3 is 2.15 bits per heavy atom. The van der Waals surface area contributed by atoms with Crippen molar-refractivity contribution in [3.63, 3.8) is 0 Å². The van der Waals surface area contributed by atoms with Crippen molar-refractivity contribution in [1.82, 2.24) is 0 Å². The molecule has 0 aromatic carbocycles. The summed E-state index contributed by atoms with van der Waals surface area (Å²) in [7, 11) is 0. The molecule has 0 aliphatic heterocycles. The van der Waals surface area contributed by atoms with Gasteiger partial charge in [-0.2, -0.15) is 0 Å². The summed E-state index contributed by atoms with van der Waals surface area (Å²) in [6.07, 6.45) is -4.21. The molecule has 0 spiro atoms. The first-order chi connectivity index (χ1) is 5.95. The summed E-state index contributed by atoms with van der Waals surface area (Å²) in [5.41, 5.74) is 0. The van der Waals surface area contributed by atoms with E-state index in [-0.39, 0.29) is 0 Å². The van der Waals surface area contributed by atoms with Crippen molar-refractivity contribution in [2.45, 2.75) is 12.6 Å². The predicted molar refractivity (Wildman–Crippen MR) is 36.4 cm³/mol. The van der Waals surface area contributed by atoms with Crippen LogP contribution in [0.25, 0.3) is 0 Å². The number of rotatable bonds is 5. The molecule has 0 saturated carbocycles. The quantitative estimate of drug-likeness (QED) is 0.280. The highest BCUT2D eigenvalue weighted by atomic mass is 16.7. The molecular formula is C4H6N2O7. The van der Waals surface area contributed by atoms with Crippen molar-refractivity contribution in [3.05, 3.63) is 20.2 Å². The summed E-state index contributed by atoms with van der Waals surface area (Å²) in [6, 6.07) is 0. The Morgan fingerprint density at radius 1 is 1.38 bits per heavy atom. The number of carboxylic acid groups (broad SMARTS) is 1. The average Bonchev–Trinajstić information content (AvgIpc) is 1.95. The van der Waals surface area contributed by atoms with Gasteiger partial charge in [0.05, 0.1) is 9.85 Å².